The fourth-order valence-electron chi connectivity index (χ4n) is 2.60. The summed E-state index contributed by atoms with van der Waals surface area (Å²) >= 11 is 0. The van der Waals surface area contributed by atoms with Crippen LogP contribution in [0.3, 0.4) is 0 Å². The average molecular weight is 302 g/mol. The van der Waals surface area contributed by atoms with Crippen LogP contribution < -0.4 is 10.6 Å². The molecule has 2 amide bonds. The summed E-state index contributed by atoms with van der Waals surface area (Å²) in [7, 11) is 0. The first kappa shape index (κ1) is 14.4. The van der Waals surface area contributed by atoms with Crippen LogP contribution in [0.15, 0.2) is 22.8 Å². The fourth-order valence-corrected chi connectivity index (χ4v) is 2.60. The van der Waals surface area contributed by atoms with E-state index in [0.29, 0.717) is 6.54 Å². The average Bonchev–Trinajstić information content (AvgIpc) is 3.20. The van der Waals surface area contributed by atoms with Gasteiger partial charge in [0.1, 0.15) is 0 Å². The predicted molar refractivity (Wildman–Crippen MR) is 78.1 cm³/mol. The summed E-state index contributed by atoms with van der Waals surface area (Å²) in [4.78, 5) is 23.4. The largest absolute Gasteiger partial charge is 0.459 e. The maximum Gasteiger partial charge on any atom is 0.287 e. The van der Waals surface area contributed by atoms with E-state index in [4.69, 9.17) is 4.42 Å². The summed E-state index contributed by atoms with van der Waals surface area (Å²) in [5, 5.41) is 12.6. The molecule has 1 aliphatic rings. The zero-order valence-corrected chi connectivity index (χ0v) is 12.1. The zero-order valence-electron chi connectivity index (χ0n) is 12.1. The van der Waals surface area contributed by atoms with Crippen molar-refractivity contribution < 1.29 is 14.0 Å². The molecule has 2 heterocycles. The Labute approximate surface area is 127 Å². The van der Waals surface area contributed by atoms with Crippen LogP contribution in [0, 0.1) is 0 Å². The molecule has 0 radical (unpaired) electrons. The van der Waals surface area contributed by atoms with Gasteiger partial charge in [0.15, 0.2) is 5.76 Å². The zero-order chi connectivity index (χ0) is 15.4. The third-order valence-electron chi connectivity index (χ3n) is 3.75. The smallest absolute Gasteiger partial charge is 0.287 e. The molecule has 0 bridgehead atoms. The van der Waals surface area contributed by atoms with Gasteiger partial charge in [-0.25, -0.2) is 0 Å². The molecule has 116 valence electrons. The van der Waals surface area contributed by atoms with Gasteiger partial charge in [-0.05, 0) is 43.4 Å². The third kappa shape index (κ3) is 3.19. The first-order chi connectivity index (χ1) is 10.7. The molecule has 0 spiro atoms. The number of amides is 2. The minimum atomic E-state index is -0.405. The summed E-state index contributed by atoms with van der Waals surface area (Å²) in [6, 6.07) is 3.17. The number of aryl methyl sites for hydroxylation is 1. The Morgan fingerprint density at radius 1 is 1.27 bits per heavy atom. The second kappa shape index (κ2) is 6.46. The maximum absolute atomic E-state index is 11.8. The normalized spacial score (nSPS) is 13.5. The fraction of sp³-hybridized carbons (Fsp3) is 0.400. The highest BCUT2D eigenvalue weighted by Gasteiger charge is 2.17. The van der Waals surface area contributed by atoms with Crippen molar-refractivity contribution in [1.82, 2.24) is 20.8 Å². The molecular formula is C15H18N4O3. The molecular weight excluding hydrogens is 284 g/mol. The van der Waals surface area contributed by atoms with E-state index < -0.39 is 5.91 Å². The number of nitrogens with one attached hydrogen (secondary N) is 3. The van der Waals surface area contributed by atoms with Crippen molar-refractivity contribution >= 4 is 11.8 Å². The van der Waals surface area contributed by atoms with Crippen molar-refractivity contribution in [3.8, 4) is 0 Å². The molecule has 1 aliphatic carbocycles. The van der Waals surface area contributed by atoms with E-state index in [1.165, 1.54) is 23.9 Å². The number of nitrogens with zero attached hydrogens (tertiary/aromatic N) is 1. The predicted octanol–water partition coefficient (Wildman–Crippen LogP) is 0.928. The Hall–Kier alpha value is -2.57. The Morgan fingerprint density at radius 2 is 2.14 bits per heavy atom. The number of hydrogen-bond donors (Lipinski definition) is 3. The van der Waals surface area contributed by atoms with E-state index in [0.717, 1.165) is 25.0 Å². The second-order valence-electron chi connectivity index (χ2n) is 5.27. The molecule has 2 aromatic rings. The molecule has 7 nitrogen and oxygen atoms in total. The van der Waals surface area contributed by atoms with E-state index in [2.05, 4.69) is 20.8 Å². The number of carbonyl (C=O) groups excluding carboxylic acids is 2. The number of fused-ring (bicyclic) bond motifs is 1. The Balaban J connectivity index is 1.46. The molecule has 0 aliphatic heterocycles. The van der Waals surface area contributed by atoms with Crippen molar-refractivity contribution in [3.63, 3.8) is 0 Å². The summed E-state index contributed by atoms with van der Waals surface area (Å²) in [6.07, 6.45) is 5.78. The molecule has 0 aromatic carbocycles. The first-order valence-electron chi connectivity index (χ1n) is 7.37. The van der Waals surface area contributed by atoms with Crippen LogP contribution in [0.2, 0.25) is 0 Å². The third-order valence-corrected chi connectivity index (χ3v) is 3.75. The van der Waals surface area contributed by atoms with Crippen LogP contribution in [0.4, 0.5) is 0 Å². The van der Waals surface area contributed by atoms with Crippen LogP contribution in [0.1, 0.15) is 40.3 Å². The first-order valence-corrected chi connectivity index (χ1v) is 7.37. The summed E-state index contributed by atoms with van der Waals surface area (Å²) < 4.78 is 4.95. The Kier molecular flexibility index (Phi) is 4.22. The van der Waals surface area contributed by atoms with Crippen molar-refractivity contribution in [2.24, 2.45) is 0 Å². The van der Waals surface area contributed by atoms with Crippen molar-refractivity contribution in [2.45, 2.75) is 32.2 Å². The highest BCUT2D eigenvalue weighted by atomic mass is 16.3. The van der Waals surface area contributed by atoms with E-state index in [1.54, 1.807) is 12.1 Å². The molecule has 0 unspecified atom stereocenters. The van der Waals surface area contributed by atoms with Crippen LogP contribution in [0.5, 0.6) is 0 Å². The summed E-state index contributed by atoms with van der Waals surface area (Å²) in [5.74, 6) is -0.473. The number of rotatable bonds is 5. The Morgan fingerprint density at radius 3 is 2.95 bits per heavy atom. The van der Waals surface area contributed by atoms with Crippen molar-refractivity contribution in [1.29, 1.82) is 0 Å². The van der Waals surface area contributed by atoms with Crippen LogP contribution in [-0.4, -0.2) is 28.6 Å². The quantitative estimate of drug-likeness (QED) is 0.765. The number of aromatic nitrogens is 2. The van der Waals surface area contributed by atoms with E-state index in [-0.39, 0.29) is 18.2 Å². The van der Waals surface area contributed by atoms with Crippen LogP contribution >= 0.6 is 0 Å². The molecule has 0 fully saturated rings. The topological polar surface area (TPSA) is 100 Å². The van der Waals surface area contributed by atoms with Gasteiger partial charge in [0, 0.05) is 5.69 Å². The van der Waals surface area contributed by atoms with E-state index in [1.807, 2.05) is 0 Å². The van der Waals surface area contributed by atoms with Gasteiger partial charge in [0.2, 0.25) is 5.91 Å². The lowest BCUT2D eigenvalue weighted by molar-refractivity contribution is -0.120. The molecule has 22 heavy (non-hydrogen) atoms. The summed E-state index contributed by atoms with van der Waals surface area (Å²) in [5.41, 5.74) is 3.30. The van der Waals surface area contributed by atoms with E-state index in [9.17, 15) is 9.59 Å². The number of hydrogen-bond acceptors (Lipinski definition) is 4. The van der Waals surface area contributed by atoms with Gasteiger partial charge >= 0.3 is 0 Å². The number of furan rings is 1. The van der Waals surface area contributed by atoms with E-state index >= 15 is 0 Å². The number of carbonyl (C=O) groups is 2. The van der Waals surface area contributed by atoms with Crippen molar-refractivity contribution in [2.75, 3.05) is 6.54 Å². The number of H-pyrrole nitrogens is 1. The molecule has 0 saturated heterocycles. The van der Waals surface area contributed by atoms with Gasteiger partial charge in [-0.15, -0.1) is 0 Å². The Bertz CT molecular complexity index is 660. The minimum absolute atomic E-state index is 0.0911. The van der Waals surface area contributed by atoms with Gasteiger partial charge < -0.3 is 15.1 Å². The highest BCUT2D eigenvalue weighted by molar-refractivity contribution is 5.94. The molecule has 0 saturated carbocycles. The SMILES string of the molecule is O=C(CNC(=O)c1ccco1)NCc1n[nH]c2c1CCCC2. The monoisotopic (exact) mass is 302 g/mol. The van der Waals surface area contributed by atoms with Crippen molar-refractivity contribution in [3.05, 3.63) is 41.1 Å². The maximum atomic E-state index is 11.8. The molecule has 3 N–H and O–H groups in total. The van der Waals surface area contributed by atoms with Gasteiger partial charge in [-0.1, -0.05) is 0 Å². The lowest BCUT2D eigenvalue weighted by Crippen LogP contribution is -2.36. The van der Waals surface area contributed by atoms with Crippen LogP contribution in [-0.2, 0) is 24.2 Å². The molecule has 2 aromatic heterocycles. The minimum Gasteiger partial charge on any atom is -0.459 e. The molecule has 3 rings (SSSR count). The molecule has 7 heteroatoms. The standard InChI is InChI=1S/C15H18N4O3/c20-14(9-17-15(21)13-6-3-7-22-13)16-8-12-10-4-1-2-5-11(10)18-19-12/h3,6-7H,1-2,4-5,8-9H2,(H,16,20)(H,17,21)(H,18,19). The van der Waals surface area contributed by atoms with Gasteiger partial charge in [-0.2, -0.15) is 5.10 Å². The highest BCUT2D eigenvalue weighted by Crippen LogP contribution is 2.21. The lowest BCUT2D eigenvalue weighted by Gasteiger charge is -2.11. The van der Waals surface area contributed by atoms with Gasteiger partial charge in [0.05, 0.1) is 25.0 Å². The van der Waals surface area contributed by atoms with Crippen LogP contribution in [0.25, 0.3) is 0 Å². The van der Waals surface area contributed by atoms with Gasteiger partial charge in [0.25, 0.3) is 5.91 Å². The summed E-state index contributed by atoms with van der Waals surface area (Å²) in [6.45, 7) is 0.285. The molecule has 0 atom stereocenters. The number of aromatic amines is 1. The second-order valence-corrected chi connectivity index (χ2v) is 5.27. The van der Waals surface area contributed by atoms with Gasteiger partial charge in [-0.3, -0.25) is 14.7 Å². The lowest BCUT2D eigenvalue weighted by atomic mass is 9.96.